The van der Waals surface area contributed by atoms with Crippen LogP contribution in [-0.4, -0.2) is 17.9 Å². The van der Waals surface area contributed by atoms with Gasteiger partial charge >= 0.3 is 0 Å². The SMILES string of the molecule is CC(c1ccco1)N(C)C(=O)c1ccc(OCc2ccccc2C#N)cc1. The molecule has 5 nitrogen and oxygen atoms in total. The monoisotopic (exact) mass is 360 g/mol. The van der Waals surface area contributed by atoms with Gasteiger partial charge < -0.3 is 14.1 Å². The minimum atomic E-state index is -0.161. The van der Waals surface area contributed by atoms with Crippen LogP contribution in [0, 0.1) is 11.3 Å². The van der Waals surface area contributed by atoms with Crippen molar-refractivity contribution in [3.05, 3.63) is 89.4 Å². The molecule has 0 fully saturated rings. The third-order valence-corrected chi connectivity index (χ3v) is 4.49. The Morgan fingerprint density at radius 2 is 1.89 bits per heavy atom. The lowest BCUT2D eigenvalue weighted by molar-refractivity contribution is 0.0726. The minimum Gasteiger partial charge on any atom is -0.489 e. The standard InChI is InChI=1S/C22H20N2O3/c1-16(21-8-5-13-26-21)24(2)22(25)17-9-11-20(12-10-17)27-15-19-7-4-3-6-18(19)14-23/h3-13,16H,15H2,1-2H3. The molecule has 0 saturated heterocycles. The van der Waals surface area contributed by atoms with Gasteiger partial charge in [-0.25, -0.2) is 0 Å². The Bertz CT molecular complexity index is 940. The Hall–Kier alpha value is -3.52. The van der Waals surface area contributed by atoms with E-state index in [0.717, 1.165) is 11.3 Å². The minimum absolute atomic E-state index is 0.0970. The van der Waals surface area contributed by atoms with Gasteiger partial charge in [-0.1, -0.05) is 18.2 Å². The van der Waals surface area contributed by atoms with Crippen LogP contribution in [0.2, 0.25) is 0 Å². The van der Waals surface area contributed by atoms with Crippen LogP contribution in [0.15, 0.2) is 71.3 Å². The van der Waals surface area contributed by atoms with Crippen LogP contribution >= 0.6 is 0 Å². The molecule has 3 rings (SSSR count). The number of benzene rings is 2. The van der Waals surface area contributed by atoms with E-state index in [4.69, 9.17) is 14.4 Å². The Balaban J connectivity index is 1.64. The molecule has 5 heteroatoms. The van der Waals surface area contributed by atoms with E-state index >= 15 is 0 Å². The predicted molar refractivity (Wildman–Crippen MR) is 101 cm³/mol. The third-order valence-electron chi connectivity index (χ3n) is 4.49. The summed E-state index contributed by atoms with van der Waals surface area (Å²) in [4.78, 5) is 14.3. The second-order valence-corrected chi connectivity index (χ2v) is 6.19. The average molecular weight is 360 g/mol. The van der Waals surface area contributed by atoms with E-state index in [1.54, 1.807) is 54.6 Å². The van der Waals surface area contributed by atoms with Crippen molar-refractivity contribution in [1.82, 2.24) is 4.90 Å². The number of hydrogen-bond donors (Lipinski definition) is 0. The number of hydrogen-bond acceptors (Lipinski definition) is 4. The van der Waals surface area contributed by atoms with Crippen molar-refractivity contribution in [3.63, 3.8) is 0 Å². The van der Waals surface area contributed by atoms with Crippen molar-refractivity contribution < 1.29 is 13.9 Å². The summed E-state index contributed by atoms with van der Waals surface area (Å²) < 4.78 is 11.1. The van der Waals surface area contributed by atoms with E-state index in [-0.39, 0.29) is 11.9 Å². The molecule has 1 amide bonds. The summed E-state index contributed by atoms with van der Waals surface area (Å²) in [5, 5.41) is 9.12. The van der Waals surface area contributed by atoms with E-state index < -0.39 is 0 Å². The molecule has 1 atom stereocenters. The highest BCUT2D eigenvalue weighted by Crippen LogP contribution is 2.22. The van der Waals surface area contributed by atoms with Crippen LogP contribution in [0.5, 0.6) is 5.75 Å². The molecular formula is C22H20N2O3. The molecule has 1 heterocycles. The summed E-state index contributed by atoms with van der Waals surface area (Å²) in [5.74, 6) is 1.28. The van der Waals surface area contributed by atoms with Gasteiger partial charge in [-0.05, 0) is 49.4 Å². The Morgan fingerprint density at radius 3 is 2.56 bits per heavy atom. The van der Waals surface area contributed by atoms with Crippen LogP contribution in [0.25, 0.3) is 0 Å². The molecule has 0 aliphatic carbocycles. The maximum atomic E-state index is 12.7. The van der Waals surface area contributed by atoms with E-state index in [9.17, 15) is 4.79 Å². The molecule has 0 radical (unpaired) electrons. The van der Waals surface area contributed by atoms with Gasteiger partial charge in [-0.3, -0.25) is 4.79 Å². The highest BCUT2D eigenvalue weighted by Gasteiger charge is 2.20. The number of carbonyl (C=O) groups excluding carboxylic acids is 1. The number of rotatable bonds is 6. The average Bonchev–Trinajstić information content (AvgIpc) is 3.26. The maximum absolute atomic E-state index is 12.7. The first-order chi connectivity index (χ1) is 13.1. The number of carbonyl (C=O) groups is 1. The molecule has 3 aromatic rings. The smallest absolute Gasteiger partial charge is 0.254 e. The zero-order chi connectivity index (χ0) is 19.2. The molecule has 27 heavy (non-hydrogen) atoms. The summed E-state index contributed by atoms with van der Waals surface area (Å²) in [6.07, 6.45) is 1.60. The van der Waals surface area contributed by atoms with Gasteiger partial charge in [0.15, 0.2) is 0 Å². The van der Waals surface area contributed by atoms with Crippen molar-refractivity contribution in [3.8, 4) is 11.8 Å². The fraction of sp³-hybridized carbons (Fsp3) is 0.182. The molecule has 1 unspecified atom stereocenters. The molecular weight excluding hydrogens is 340 g/mol. The highest BCUT2D eigenvalue weighted by molar-refractivity contribution is 5.94. The number of nitrogens with zero attached hydrogens (tertiary/aromatic N) is 2. The van der Waals surface area contributed by atoms with E-state index in [0.29, 0.717) is 23.5 Å². The zero-order valence-electron chi connectivity index (χ0n) is 15.3. The van der Waals surface area contributed by atoms with Crippen LogP contribution < -0.4 is 4.74 Å². The lowest BCUT2D eigenvalue weighted by Gasteiger charge is -2.23. The van der Waals surface area contributed by atoms with E-state index in [1.807, 2.05) is 31.2 Å². The van der Waals surface area contributed by atoms with Gasteiger partial charge in [0.1, 0.15) is 18.1 Å². The second kappa shape index (κ2) is 8.24. The number of ether oxygens (including phenoxy) is 1. The Morgan fingerprint density at radius 1 is 1.15 bits per heavy atom. The van der Waals surface area contributed by atoms with Crippen LogP contribution in [0.3, 0.4) is 0 Å². The van der Waals surface area contributed by atoms with E-state index in [2.05, 4.69) is 6.07 Å². The molecule has 1 aromatic heterocycles. The maximum Gasteiger partial charge on any atom is 0.254 e. The van der Waals surface area contributed by atoms with Crippen LogP contribution in [-0.2, 0) is 6.61 Å². The summed E-state index contributed by atoms with van der Waals surface area (Å²) in [6.45, 7) is 2.22. The summed E-state index contributed by atoms with van der Waals surface area (Å²) in [5.41, 5.74) is 1.99. The first kappa shape index (κ1) is 18.3. The van der Waals surface area contributed by atoms with Gasteiger partial charge in [-0.2, -0.15) is 5.26 Å². The fourth-order valence-corrected chi connectivity index (χ4v) is 2.71. The quantitative estimate of drug-likeness (QED) is 0.646. The van der Waals surface area contributed by atoms with Gasteiger partial charge in [0.05, 0.1) is 23.9 Å². The van der Waals surface area contributed by atoms with Crippen molar-refractivity contribution >= 4 is 5.91 Å². The van der Waals surface area contributed by atoms with Gasteiger partial charge in [0.2, 0.25) is 0 Å². The first-order valence-corrected chi connectivity index (χ1v) is 8.61. The third kappa shape index (κ3) is 4.18. The zero-order valence-corrected chi connectivity index (χ0v) is 15.3. The molecule has 0 spiro atoms. The Kier molecular flexibility index (Phi) is 5.58. The molecule has 136 valence electrons. The van der Waals surface area contributed by atoms with Crippen molar-refractivity contribution in [2.24, 2.45) is 0 Å². The van der Waals surface area contributed by atoms with E-state index in [1.165, 1.54) is 0 Å². The lowest BCUT2D eigenvalue weighted by atomic mass is 10.1. The van der Waals surface area contributed by atoms with Gasteiger partial charge in [0.25, 0.3) is 5.91 Å². The Labute approximate surface area is 158 Å². The first-order valence-electron chi connectivity index (χ1n) is 8.61. The van der Waals surface area contributed by atoms with Gasteiger partial charge in [0, 0.05) is 18.2 Å². The lowest BCUT2D eigenvalue weighted by Crippen LogP contribution is -2.29. The van der Waals surface area contributed by atoms with Crippen molar-refractivity contribution in [2.45, 2.75) is 19.6 Å². The highest BCUT2D eigenvalue weighted by atomic mass is 16.5. The number of nitriles is 1. The molecule has 0 aliphatic rings. The van der Waals surface area contributed by atoms with Gasteiger partial charge in [-0.15, -0.1) is 0 Å². The molecule has 0 N–H and O–H groups in total. The van der Waals surface area contributed by atoms with Crippen molar-refractivity contribution in [2.75, 3.05) is 7.05 Å². The predicted octanol–water partition coefficient (Wildman–Crippen LogP) is 4.56. The molecule has 0 bridgehead atoms. The number of furan rings is 1. The number of amides is 1. The summed E-state index contributed by atoms with van der Waals surface area (Å²) in [7, 11) is 1.75. The largest absolute Gasteiger partial charge is 0.489 e. The normalized spacial score (nSPS) is 11.4. The molecule has 0 saturated carbocycles. The molecule has 0 aliphatic heterocycles. The fourth-order valence-electron chi connectivity index (χ4n) is 2.71. The topological polar surface area (TPSA) is 66.5 Å². The van der Waals surface area contributed by atoms with Crippen LogP contribution in [0.4, 0.5) is 0 Å². The molecule has 2 aromatic carbocycles. The van der Waals surface area contributed by atoms with Crippen LogP contribution in [0.1, 0.15) is 40.2 Å². The van der Waals surface area contributed by atoms with Crippen molar-refractivity contribution in [1.29, 1.82) is 5.26 Å². The summed E-state index contributed by atoms with van der Waals surface area (Å²) >= 11 is 0. The summed E-state index contributed by atoms with van der Waals surface area (Å²) in [6, 6.07) is 20.0. The second-order valence-electron chi connectivity index (χ2n) is 6.19.